The number of carbonyl (C=O) groups is 1. The zero-order valence-electron chi connectivity index (χ0n) is 8.30. The van der Waals surface area contributed by atoms with Gasteiger partial charge in [0, 0.05) is 11.8 Å². The van der Waals surface area contributed by atoms with Gasteiger partial charge in [-0.05, 0) is 6.07 Å². The van der Waals surface area contributed by atoms with E-state index in [2.05, 4.69) is 5.10 Å². The van der Waals surface area contributed by atoms with Crippen molar-refractivity contribution in [3.63, 3.8) is 0 Å². The molecule has 0 aliphatic heterocycles. The zero-order valence-corrected chi connectivity index (χ0v) is 8.30. The van der Waals surface area contributed by atoms with Gasteiger partial charge < -0.3 is 5.11 Å². The number of halogens is 1. The van der Waals surface area contributed by atoms with E-state index in [0.717, 1.165) is 0 Å². The summed E-state index contributed by atoms with van der Waals surface area (Å²) >= 11 is 0. The molecule has 4 nitrogen and oxygen atoms in total. The Bertz CT molecular complexity index is 522. The quantitative estimate of drug-likeness (QED) is 0.861. The minimum atomic E-state index is -1.05. The van der Waals surface area contributed by atoms with Gasteiger partial charge in [0.1, 0.15) is 6.67 Å². The average molecular weight is 220 g/mol. The molecule has 2 rings (SSSR count). The molecule has 0 saturated heterocycles. The second-order valence-electron chi connectivity index (χ2n) is 3.24. The van der Waals surface area contributed by atoms with E-state index in [1.807, 2.05) is 0 Å². The summed E-state index contributed by atoms with van der Waals surface area (Å²) in [6.45, 7) is -0.613. The minimum Gasteiger partial charge on any atom is -0.478 e. The van der Waals surface area contributed by atoms with Crippen LogP contribution in [0, 0.1) is 0 Å². The van der Waals surface area contributed by atoms with Gasteiger partial charge in [-0.25, -0.2) is 13.9 Å². The summed E-state index contributed by atoms with van der Waals surface area (Å²) in [6, 6.07) is 6.79. The first kappa shape index (κ1) is 10.4. The molecule has 16 heavy (non-hydrogen) atoms. The van der Waals surface area contributed by atoms with Crippen molar-refractivity contribution in [2.75, 3.05) is 0 Å². The van der Waals surface area contributed by atoms with E-state index in [9.17, 15) is 9.18 Å². The van der Waals surface area contributed by atoms with E-state index in [0.29, 0.717) is 11.3 Å². The first-order chi connectivity index (χ1) is 7.72. The molecule has 0 aliphatic carbocycles. The summed E-state index contributed by atoms with van der Waals surface area (Å²) in [5, 5.41) is 12.6. The Morgan fingerprint density at radius 3 is 2.81 bits per heavy atom. The number of hydrogen-bond acceptors (Lipinski definition) is 2. The van der Waals surface area contributed by atoms with E-state index >= 15 is 0 Å². The number of carboxylic acid groups (broad SMARTS) is 1. The fourth-order valence-corrected chi connectivity index (χ4v) is 1.41. The van der Waals surface area contributed by atoms with E-state index in [1.165, 1.54) is 17.1 Å². The van der Waals surface area contributed by atoms with E-state index in [-0.39, 0.29) is 5.56 Å². The predicted molar refractivity (Wildman–Crippen MR) is 55.3 cm³/mol. The molecule has 1 aromatic heterocycles. The number of rotatable bonds is 3. The number of nitrogens with zero attached hydrogens (tertiary/aromatic N) is 2. The second-order valence-corrected chi connectivity index (χ2v) is 3.24. The van der Waals surface area contributed by atoms with Crippen LogP contribution in [0.4, 0.5) is 4.39 Å². The lowest BCUT2D eigenvalue weighted by atomic mass is 10.2. The molecule has 1 aromatic carbocycles. The highest BCUT2D eigenvalue weighted by atomic mass is 19.1. The van der Waals surface area contributed by atoms with Gasteiger partial charge in [-0.2, -0.15) is 5.10 Å². The Hall–Kier alpha value is -2.17. The summed E-state index contributed by atoms with van der Waals surface area (Å²) in [5.74, 6) is -1.05. The number of carboxylic acids is 1. The maximum Gasteiger partial charge on any atom is 0.338 e. The Morgan fingerprint density at radius 2 is 2.19 bits per heavy atom. The molecule has 1 N–H and O–H groups in total. The normalized spacial score (nSPS) is 10.3. The molecule has 1 heterocycles. The maximum atomic E-state index is 12.7. The van der Waals surface area contributed by atoms with E-state index in [1.54, 1.807) is 24.3 Å². The van der Waals surface area contributed by atoms with E-state index < -0.39 is 12.6 Å². The monoisotopic (exact) mass is 220 g/mol. The van der Waals surface area contributed by atoms with Crippen molar-refractivity contribution >= 4 is 5.97 Å². The number of hydrogen-bond donors (Lipinski definition) is 1. The second kappa shape index (κ2) is 4.14. The van der Waals surface area contributed by atoms with Crippen molar-refractivity contribution in [2.24, 2.45) is 0 Å². The largest absolute Gasteiger partial charge is 0.478 e. The van der Waals surface area contributed by atoms with Crippen LogP contribution in [0.5, 0.6) is 0 Å². The van der Waals surface area contributed by atoms with Crippen LogP contribution in [0.2, 0.25) is 0 Å². The van der Waals surface area contributed by atoms with Crippen LogP contribution in [-0.4, -0.2) is 20.9 Å². The SMILES string of the molecule is O=C(O)c1cnn(-c2ccccc2CF)c1. The predicted octanol–water partition coefficient (Wildman–Crippen LogP) is 2.04. The molecule has 82 valence electrons. The third-order valence-electron chi connectivity index (χ3n) is 2.21. The molecule has 5 heteroatoms. The van der Waals surface area contributed by atoms with Crippen LogP contribution in [0.15, 0.2) is 36.7 Å². The van der Waals surface area contributed by atoms with Gasteiger partial charge in [0.2, 0.25) is 0 Å². The Kier molecular flexibility index (Phi) is 2.68. The van der Waals surface area contributed by atoms with Crippen LogP contribution < -0.4 is 0 Å². The Labute approximate surface area is 90.9 Å². The highest BCUT2D eigenvalue weighted by Gasteiger charge is 2.09. The Balaban J connectivity index is 2.46. The van der Waals surface area contributed by atoms with Crippen LogP contribution in [0.3, 0.4) is 0 Å². The van der Waals surface area contributed by atoms with Gasteiger partial charge in [0.05, 0.1) is 17.4 Å². The molecule has 0 atom stereocenters. The van der Waals surface area contributed by atoms with Gasteiger partial charge in [0.15, 0.2) is 0 Å². The lowest BCUT2D eigenvalue weighted by Gasteiger charge is -2.05. The fraction of sp³-hybridized carbons (Fsp3) is 0.0909. The third kappa shape index (κ3) is 1.79. The molecule has 0 radical (unpaired) electrons. The van der Waals surface area contributed by atoms with Crippen molar-refractivity contribution in [1.82, 2.24) is 9.78 Å². The zero-order chi connectivity index (χ0) is 11.5. The summed E-state index contributed by atoms with van der Waals surface area (Å²) in [5.41, 5.74) is 1.11. The average Bonchev–Trinajstić information content (AvgIpc) is 2.78. The third-order valence-corrected chi connectivity index (χ3v) is 2.21. The summed E-state index contributed by atoms with van der Waals surface area (Å²) in [7, 11) is 0. The molecule has 0 spiro atoms. The van der Waals surface area contributed by atoms with Crippen molar-refractivity contribution in [1.29, 1.82) is 0 Å². The van der Waals surface area contributed by atoms with E-state index in [4.69, 9.17) is 5.11 Å². The number of alkyl halides is 1. The van der Waals surface area contributed by atoms with Gasteiger partial charge in [0.25, 0.3) is 0 Å². The molecular formula is C11H9FN2O2. The molecule has 0 amide bonds. The van der Waals surface area contributed by atoms with Crippen molar-refractivity contribution in [2.45, 2.75) is 6.67 Å². The number of aromatic carboxylic acids is 1. The molecule has 0 fully saturated rings. The Morgan fingerprint density at radius 1 is 1.44 bits per heavy atom. The fourth-order valence-electron chi connectivity index (χ4n) is 1.41. The van der Waals surface area contributed by atoms with Crippen molar-refractivity contribution in [3.8, 4) is 5.69 Å². The highest BCUT2D eigenvalue weighted by molar-refractivity contribution is 5.87. The highest BCUT2D eigenvalue weighted by Crippen LogP contribution is 2.15. The summed E-state index contributed by atoms with van der Waals surface area (Å²) in [4.78, 5) is 10.7. The molecule has 0 unspecified atom stereocenters. The number of benzene rings is 1. The molecule has 0 bridgehead atoms. The number of para-hydroxylation sites is 1. The molecule has 0 saturated carbocycles. The van der Waals surface area contributed by atoms with Crippen molar-refractivity contribution in [3.05, 3.63) is 47.8 Å². The van der Waals surface area contributed by atoms with Gasteiger partial charge in [-0.1, -0.05) is 18.2 Å². The van der Waals surface area contributed by atoms with Gasteiger partial charge in [-0.15, -0.1) is 0 Å². The molecule has 0 aliphatic rings. The lowest BCUT2D eigenvalue weighted by Crippen LogP contribution is -1.99. The van der Waals surface area contributed by atoms with Gasteiger partial charge in [-0.3, -0.25) is 0 Å². The summed E-state index contributed by atoms with van der Waals surface area (Å²) in [6.07, 6.45) is 2.59. The van der Waals surface area contributed by atoms with Crippen molar-refractivity contribution < 1.29 is 14.3 Å². The first-order valence-corrected chi connectivity index (χ1v) is 4.64. The molecular weight excluding hydrogens is 211 g/mol. The van der Waals surface area contributed by atoms with Crippen LogP contribution in [0.1, 0.15) is 15.9 Å². The maximum absolute atomic E-state index is 12.7. The topological polar surface area (TPSA) is 55.1 Å². The minimum absolute atomic E-state index is 0.0775. The van der Waals surface area contributed by atoms with Crippen LogP contribution >= 0.6 is 0 Å². The van der Waals surface area contributed by atoms with Gasteiger partial charge >= 0.3 is 5.97 Å². The number of aromatic nitrogens is 2. The molecule has 2 aromatic rings. The lowest BCUT2D eigenvalue weighted by molar-refractivity contribution is 0.0697. The van der Waals surface area contributed by atoms with Crippen LogP contribution in [-0.2, 0) is 6.67 Å². The first-order valence-electron chi connectivity index (χ1n) is 4.64. The van der Waals surface area contributed by atoms with Crippen LogP contribution in [0.25, 0.3) is 5.69 Å². The standard InChI is InChI=1S/C11H9FN2O2/c12-5-8-3-1-2-4-10(8)14-7-9(6-13-14)11(15)16/h1-4,6-7H,5H2,(H,15,16). The smallest absolute Gasteiger partial charge is 0.338 e. The summed E-state index contributed by atoms with van der Waals surface area (Å²) < 4.78 is 14.0.